The van der Waals surface area contributed by atoms with E-state index in [1.165, 1.54) is 16.3 Å². The van der Waals surface area contributed by atoms with E-state index < -0.39 is 0 Å². The molecule has 2 aromatic carbocycles. The minimum absolute atomic E-state index is 0.0154. The van der Waals surface area contributed by atoms with Crippen molar-refractivity contribution < 1.29 is 4.79 Å². The zero-order valence-corrected chi connectivity index (χ0v) is 15.7. The number of carbonyl (C=O) groups excluding carboxylic acids is 1. The fourth-order valence-corrected chi connectivity index (χ4v) is 3.10. The number of aromatic nitrogens is 2. The summed E-state index contributed by atoms with van der Waals surface area (Å²) in [5.41, 5.74) is 3.43. The topological polar surface area (TPSA) is 67.2 Å². The summed E-state index contributed by atoms with van der Waals surface area (Å²) >= 11 is 0. The first kappa shape index (κ1) is 18.6. The van der Waals surface area contributed by atoms with E-state index in [-0.39, 0.29) is 18.0 Å². The van der Waals surface area contributed by atoms with Crippen LogP contribution in [0.2, 0.25) is 0 Å². The van der Waals surface area contributed by atoms with Crippen LogP contribution in [0.4, 0.5) is 5.69 Å². The van der Waals surface area contributed by atoms with Gasteiger partial charge in [-0.1, -0.05) is 24.3 Å². The molecule has 3 aromatic rings. The number of nitrogens with one attached hydrogen (secondary N) is 1. The van der Waals surface area contributed by atoms with Crippen LogP contribution in [0.15, 0.2) is 59.5 Å². The lowest BCUT2D eigenvalue weighted by molar-refractivity contribution is -0.121. The smallest absolute Gasteiger partial charge is 0.269 e. The molecular formula is C21H24N4O2. The van der Waals surface area contributed by atoms with Crippen molar-refractivity contribution in [2.45, 2.75) is 20.4 Å². The lowest BCUT2D eigenvalue weighted by Crippen LogP contribution is -2.38. The molecule has 3 rings (SSSR count). The van der Waals surface area contributed by atoms with Gasteiger partial charge in [0.05, 0.1) is 17.2 Å². The number of carbonyl (C=O) groups is 1. The van der Waals surface area contributed by atoms with Crippen LogP contribution >= 0.6 is 0 Å². The Morgan fingerprint density at radius 3 is 2.78 bits per heavy atom. The van der Waals surface area contributed by atoms with E-state index in [4.69, 9.17) is 0 Å². The van der Waals surface area contributed by atoms with Crippen LogP contribution in [-0.2, 0) is 11.3 Å². The van der Waals surface area contributed by atoms with Gasteiger partial charge in [0, 0.05) is 25.3 Å². The van der Waals surface area contributed by atoms with Crippen LogP contribution < -0.4 is 15.8 Å². The summed E-state index contributed by atoms with van der Waals surface area (Å²) in [6.07, 6.45) is 1.26. The monoisotopic (exact) mass is 364 g/mol. The highest BCUT2D eigenvalue weighted by atomic mass is 16.2. The van der Waals surface area contributed by atoms with Gasteiger partial charge in [-0.05, 0) is 43.7 Å². The first-order valence-corrected chi connectivity index (χ1v) is 9.11. The van der Waals surface area contributed by atoms with Gasteiger partial charge >= 0.3 is 0 Å². The number of para-hydroxylation sites is 2. The molecule has 1 N–H and O–H groups in total. The Morgan fingerprint density at radius 1 is 1.19 bits per heavy atom. The molecule has 0 aliphatic carbocycles. The van der Waals surface area contributed by atoms with Crippen molar-refractivity contribution >= 4 is 22.6 Å². The lowest BCUT2D eigenvalue weighted by Gasteiger charge is -2.23. The zero-order chi connectivity index (χ0) is 19.2. The fourth-order valence-electron chi connectivity index (χ4n) is 3.10. The molecule has 0 unspecified atom stereocenters. The van der Waals surface area contributed by atoms with Gasteiger partial charge in [-0.2, -0.15) is 0 Å². The van der Waals surface area contributed by atoms with Gasteiger partial charge in [-0.25, -0.2) is 4.98 Å². The summed E-state index contributed by atoms with van der Waals surface area (Å²) in [7, 11) is 0. The maximum atomic E-state index is 12.4. The van der Waals surface area contributed by atoms with Crippen molar-refractivity contribution in [2.24, 2.45) is 0 Å². The Bertz CT molecular complexity index is 997. The highest BCUT2D eigenvalue weighted by molar-refractivity contribution is 5.79. The number of amides is 1. The number of hydrogen-bond donors (Lipinski definition) is 1. The fraction of sp³-hybridized carbons (Fsp3) is 0.286. The molecule has 0 atom stereocenters. The Balaban J connectivity index is 1.62. The summed E-state index contributed by atoms with van der Waals surface area (Å²) < 4.78 is 1.45. The average molecular weight is 364 g/mol. The molecule has 1 amide bonds. The molecule has 140 valence electrons. The van der Waals surface area contributed by atoms with Crippen LogP contribution in [0.5, 0.6) is 0 Å². The molecule has 0 fully saturated rings. The normalized spacial score (nSPS) is 10.7. The summed E-state index contributed by atoms with van der Waals surface area (Å²) in [5, 5.41) is 2.91. The number of hydrogen-bond acceptors (Lipinski definition) is 4. The van der Waals surface area contributed by atoms with Crippen LogP contribution in [0, 0.1) is 6.92 Å². The highest BCUT2D eigenvalue weighted by Gasteiger charge is 2.10. The van der Waals surface area contributed by atoms with Crippen molar-refractivity contribution in [3.8, 4) is 0 Å². The molecule has 0 aliphatic heterocycles. The van der Waals surface area contributed by atoms with E-state index in [1.54, 1.807) is 6.07 Å². The van der Waals surface area contributed by atoms with Crippen LogP contribution in [0.1, 0.15) is 12.5 Å². The van der Waals surface area contributed by atoms with Crippen molar-refractivity contribution in [1.82, 2.24) is 14.9 Å². The molecule has 0 saturated heterocycles. The number of benzene rings is 2. The molecular weight excluding hydrogens is 340 g/mol. The van der Waals surface area contributed by atoms with Crippen LogP contribution in [-0.4, -0.2) is 35.1 Å². The van der Waals surface area contributed by atoms with Crippen LogP contribution in [0.3, 0.4) is 0 Å². The highest BCUT2D eigenvalue weighted by Crippen LogP contribution is 2.15. The van der Waals surface area contributed by atoms with Gasteiger partial charge in [0.2, 0.25) is 5.91 Å². The van der Waals surface area contributed by atoms with E-state index >= 15 is 0 Å². The third kappa shape index (κ3) is 4.53. The lowest BCUT2D eigenvalue weighted by atomic mass is 10.2. The van der Waals surface area contributed by atoms with E-state index in [0.717, 1.165) is 12.2 Å². The second-order valence-electron chi connectivity index (χ2n) is 6.44. The number of rotatable bonds is 7. The summed E-state index contributed by atoms with van der Waals surface area (Å²) in [4.78, 5) is 30.8. The Hall–Kier alpha value is -3.15. The maximum absolute atomic E-state index is 12.4. The predicted molar refractivity (Wildman–Crippen MR) is 108 cm³/mol. The number of likely N-dealkylation sites (N-methyl/N-ethyl adjacent to an activating group) is 1. The second kappa shape index (κ2) is 8.49. The van der Waals surface area contributed by atoms with Gasteiger partial charge in [-0.3, -0.25) is 14.2 Å². The maximum Gasteiger partial charge on any atom is 0.269 e. The largest absolute Gasteiger partial charge is 0.370 e. The zero-order valence-electron chi connectivity index (χ0n) is 15.7. The quantitative estimate of drug-likeness (QED) is 0.699. The van der Waals surface area contributed by atoms with E-state index in [9.17, 15) is 9.59 Å². The Morgan fingerprint density at radius 2 is 2.00 bits per heavy atom. The molecule has 0 aliphatic rings. The van der Waals surface area contributed by atoms with Gasteiger partial charge in [0.15, 0.2) is 0 Å². The van der Waals surface area contributed by atoms with Crippen molar-refractivity contribution in [2.75, 3.05) is 24.5 Å². The van der Waals surface area contributed by atoms with Crippen LogP contribution in [0.25, 0.3) is 11.0 Å². The standard InChI is InChI=1S/C21H24N4O2/c1-3-24(17-8-6-7-16(2)13-17)12-11-22-20(26)15-25-19-10-5-4-9-18(19)23-14-21(25)27/h4-10,13-14H,3,11-12,15H2,1-2H3,(H,22,26). The summed E-state index contributed by atoms with van der Waals surface area (Å²) in [6.45, 7) is 6.21. The summed E-state index contributed by atoms with van der Waals surface area (Å²) in [5.74, 6) is -0.186. The first-order chi connectivity index (χ1) is 13.1. The number of aryl methyl sites for hydroxylation is 1. The third-order valence-corrected chi connectivity index (χ3v) is 4.51. The number of nitrogens with zero attached hydrogens (tertiary/aromatic N) is 3. The molecule has 6 heteroatoms. The number of anilines is 1. The molecule has 0 bridgehead atoms. The second-order valence-corrected chi connectivity index (χ2v) is 6.44. The molecule has 1 heterocycles. The van der Waals surface area contributed by atoms with E-state index in [1.807, 2.05) is 24.3 Å². The third-order valence-electron chi connectivity index (χ3n) is 4.51. The average Bonchev–Trinajstić information content (AvgIpc) is 2.67. The van der Waals surface area contributed by atoms with E-state index in [0.29, 0.717) is 24.1 Å². The van der Waals surface area contributed by atoms with Crippen molar-refractivity contribution in [3.63, 3.8) is 0 Å². The molecule has 6 nitrogen and oxygen atoms in total. The van der Waals surface area contributed by atoms with Gasteiger partial charge in [0.25, 0.3) is 5.56 Å². The van der Waals surface area contributed by atoms with E-state index in [2.05, 4.69) is 47.2 Å². The molecule has 0 saturated carbocycles. The first-order valence-electron chi connectivity index (χ1n) is 9.11. The SMILES string of the molecule is CCN(CCNC(=O)Cn1c(=O)cnc2ccccc21)c1cccc(C)c1. The van der Waals surface area contributed by atoms with Crippen molar-refractivity contribution in [1.29, 1.82) is 0 Å². The van der Waals surface area contributed by atoms with Gasteiger partial charge in [0.1, 0.15) is 6.54 Å². The molecule has 27 heavy (non-hydrogen) atoms. The molecule has 0 spiro atoms. The minimum Gasteiger partial charge on any atom is -0.370 e. The number of fused-ring (bicyclic) bond motifs is 1. The molecule has 1 aromatic heterocycles. The van der Waals surface area contributed by atoms with Crippen molar-refractivity contribution in [3.05, 3.63) is 70.6 Å². The molecule has 0 radical (unpaired) electrons. The Kier molecular flexibility index (Phi) is 5.86. The summed E-state index contributed by atoms with van der Waals surface area (Å²) in [6, 6.07) is 15.6. The van der Waals surface area contributed by atoms with Gasteiger partial charge < -0.3 is 10.2 Å². The van der Waals surface area contributed by atoms with Gasteiger partial charge in [-0.15, -0.1) is 0 Å². The predicted octanol–water partition coefficient (Wildman–Crippen LogP) is 2.35. The minimum atomic E-state index is -0.279. The Labute approximate surface area is 158 Å².